The van der Waals surface area contributed by atoms with Gasteiger partial charge in [0.1, 0.15) is 12.9 Å². The van der Waals surface area contributed by atoms with Gasteiger partial charge in [-0.05, 0) is 60.7 Å². The molecule has 1 unspecified atom stereocenters. The Kier molecular flexibility index (Phi) is 11.7. The number of rotatable bonds is 13. The number of hydrogen-bond acceptors (Lipinski definition) is 5. The number of ether oxygens (including phenoxy) is 1. The van der Waals surface area contributed by atoms with Crippen molar-refractivity contribution in [3.05, 3.63) is 113 Å². The van der Waals surface area contributed by atoms with E-state index >= 15 is 0 Å². The van der Waals surface area contributed by atoms with Gasteiger partial charge in [-0.25, -0.2) is 4.98 Å². The van der Waals surface area contributed by atoms with Crippen LogP contribution in [0.1, 0.15) is 72.1 Å². The standard InChI is InChI=1S/C32H39N3O2/c1-4-6-15-31(5-2)35(3)23-30-22-33-18-11-10-14-27(20-29(30)24-36)19-28-16-17-32(34-21-28)37-25-26-12-8-7-9-13-26/h7-14,16-18,20-22,24,31H,4-6,15,19,23,25H2,1-3H3. The SMILES string of the molecule is CCCCC(CC)N(C)Cc1cnccccc(Cc2ccc(OCc3ccccc3)nc2)cc1C=O. The van der Waals surface area contributed by atoms with Gasteiger partial charge in [-0.2, -0.15) is 0 Å². The van der Waals surface area contributed by atoms with E-state index in [9.17, 15) is 4.79 Å². The van der Waals surface area contributed by atoms with Crippen molar-refractivity contribution in [2.75, 3.05) is 7.05 Å². The molecule has 0 spiro atoms. The molecule has 3 rings (SSSR count). The minimum atomic E-state index is 0.483. The Morgan fingerprint density at radius 3 is 2.43 bits per heavy atom. The van der Waals surface area contributed by atoms with Crippen LogP contribution in [0.5, 0.6) is 5.88 Å². The van der Waals surface area contributed by atoms with Crippen LogP contribution in [0.15, 0.2) is 85.3 Å². The van der Waals surface area contributed by atoms with Crippen LogP contribution < -0.4 is 4.74 Å². The highest BCUT2D eigenvalue weighted by Crippen LogP contribution is 2.17. The Morgan fingerprint density at radius 2 is 1.73 bits per heavy atom. The topological polar surface area (TPSA) is 55.3 Å². The molecule has 0 fully saturated rings. The third-order valence-corrected chi connectivity index (χ3v) is 6.50. The van der Waals surface area contributed by atoms with E-state index in [2.05, 4.69) is 35.8 Å². The maximum atomic E-state index is 12.2. The molecule has 0 saturated carbocycles. The lowest BCUT2D eigenvalue weighted by molar-refractivity contribution is 0.112. The Balaban J connectivity index is 1.79. The van der Waals surface area contributed by atoms with Crippen molar-refractivity contribution >= 4 is 6.29 Å². The average Bonchev–Trinajstić information content (AvgIpc) is 2.93. The summed E-state index contributed by atoms with van der Waals surface area (Å²) < 4.78 is 5.82. The van der Waals surface area contributed by atoms with Crippen LogP contribution in [0, 0.1) is 0 Å². The first-order chi connectivity index (χ1) is 18.1. The summed E-state index contributed by atoms with van der Waals surface area (Å²) in [5.41, 5.74) is 4.76. The van der Waals surface area contributed by atoms with E-state index in [0.29, 0.717) is 37.1 Å². The molecule has 3 aromatic rings. The van der Waals surface area contributed by atoms with Crippen molar-refractivity contribution in [1.82, 2.24) is 14.9 Å². The number of pyridine rings is 1. The van der Waals surface area contributed by atoms with Gasteiger partial charge in [-0.3, -0.25) is 14.7 Å². The Labute approximate surface area is 221 Å². The molecule has 0 aliphatic carbocycles. The summed E-state index contributed by atoms with van der Waals surface area (Å²) in [7, 11) is 2.14. The van der Waals surface area contributed by atoms with Gasteiger partial charge in [0.2, 0.25) is 5.88 Å². The summed E-state index contributed by atoms with van der Waals surface area (Å²) in [5, 5.41) is 0. The van der Waals surface area contributed by atoms with Crippen LogP contribution in [0.4, 0.5) is 0 Å². The van der Waals surface area contributed by atoms with Crippen LogP contribution in [0.3, 0.4) is 0 Å². The molecule has 5 heteroatoms. The molecular weight excluding hydrogens is 458 g/mol. The lowest BCUT2D eigenvalue weighted by atomic mass is 10.0. The van der Waals surface area contributed by atoms with E-state index in [1.54, 1.807) is 6.20 Å². The molecule has 0 aliphatic heterocycles. The first-order valence-electron chi connectivity index (χ1n) is 13.2. The van der Waals surface area contributed by atoms with E-state index in [0.717, 1.165) is 41.4 Å². The van der Waals surface area contributed by atoms with Gasteiger partial charge in [0.15, 0.2) is 0 Å². The highest BCUT2D eigenvalue weighted by Gasteiger charge is 2.14. The van der Waals surface area contributed by atoms with E-state index < -0.39 is 0 Å². The van der Waals surface area contributed by atoms with Gasteiger partial charge in [0.05, 0.1) is 0 Å². The first-order valence-corrected chi connectivity index (χ1v) is 13.2. The average molecular weight is 498 g/mol. The predicted molar refractivity (Wildman–Crippen MR) is 150 cm³/mol. The number of aldehydes is 1. The molecule has 0 aliphatic rings. The summed E-state index contributed by atoms with van der Waals surface area (Å²) in [6, 6.07) is 22.3. The van der Waals surface area contributed by atoms with E-state index in [4.69, 9.17) is 4.74 Å². The van der Waals surface area contributed by atoms with Gasteiger partial charge in [0.25, 0.3) is 0 Å². The normalized spacial score (nSPS) is 11.6. The molecular formula is C32H39N3O2. The number of hydrogen-bond donors (Lipinski definition) is 0. The van der Waals surface area contributed by atoms with Gasteiger partial charge in [-0.15, -0.1) is 0 Å². The second-order valence-electron chi connectivity index (χ2n) is 9.37. The van der Waals surface area contributed by atoms with Crippen molar-refractivity contribution in [3.63, 3.8) is 0 Å². The monoisotopic (exact) mass is 497 g/mol. The summed E-state index contributed by atoms with van der Waals surface area (Å²) in [6.45, 7) is 5.61. The number of benzene rings is 1. The molecule has 37 heavy (non-hydrogen) atoms. The van der Waals surface area contributed by atoms with Crippen LogP contribution in [0.25, 0.3) is 0 Å². The van der Waals surface area contributed by atoms with Gasteiger partial charge < -0.3 is 4.74 Å². The molecule has 0 radical (unpaired) electrons. The summed E-state index contributed by atoms with van der Waals surface area (Å²) in [6.07, 6.45) is 11.6. The third kappa shape index (κ3) is 9.43. The number of aromatic nitrogens is 2. The zero-order chi connectivity index (χ0) is 26.3. The van der Waals surface area contributed by atoms with Gasteiger partial charge in [0, 0.05) is 42.8 Å². The largest absolute Gasteiger partial charge is 0.473 e. The molecule has 194 valence electrons. The molecule has 1 atom stereocenters. The fourth-order valence-electron chi connectivity index (χ4n) is 4.32. The number of unbranched alkanes of at least 4 members (excludes halogenated alkanes) is 1. The fourth-order valence-corrected chi connectivity index (χ4v) is 4.32. The Hall–Kier alpha value is -3.57. The van der Waals surface area contributed by atoms with Gasteiger partial charge >= 0.3 is 0 Å². The van der Waals surface area contributed by atoms with Crippen LogP contribution >= 0.6 is 0 Å². The number of carbonyl (C=O) groups is 1. The van der Waals surface area contributed by atoms with E-state index in [1.165, 1.54) is 12.8 Å². The van der Waals surface area contributed by atoms with Gasteiger partial charge in [-0.1, -0.05) is 75.2 Å². The second-order valence-corrected chi connectivity index (χ2v) is 9.37. The minimum absolute atomic E-state index is 0.483. The summed E-state index contributed by atoms with van der Waals surface area (Å²) >= 11 is 0. The second kappa shape index (κ2) is 15.5. The first kappa shape index (κ1) is 28.0. The van der Waals surface area contributed by atoms with Crippen molar-refractivity contribution in [2.24, 2.45) is 0 Å². The number of nitrogens with zero attached hydrogens (tertiary/aromatic N) is 3. The molecule has 5 nitrogen and oxygen atoms in total. The Bertz CT molecular complexity index is 1150. The van der Waals surface area contributed by atoms with Crippen molar-refractivity contribution in [2.45, 2.75) is 65.1 Å². The smallest absolute Gasteiger partial charge is 0.213 e. The summed E-state index contributed by atoms with van der Waals surface area (Å²) in [5.74, 6) is 0.592. The molecule has 2 aromatic heterocycles. The van der Waals surface area contributed by atoms with Crippen LogP contribution in [0.2, 0.25) is 0 Å². The minimum Gasteiger partial charge on any atom is -0.473 e. The van der Waals surface area contributed by atoms with Crippen LogP contribution in [-0.4, -0.2) is 34.2 Å². The highest BCUT2D eigenvalue weighted by atomic mass is 16.5. The number of carbonyl (C=O) groups excluding carboxylic acids is 1. The van der Waals surface area contributed by atoms with Crippen molar-refractivity contribution in [1.29, 1.82) is 0 Å². The van der Waals surface area contributed by atoms with Crippen LogP contribution in [-0.2, 0) is 19.6 Å². The highest BCUT2D eigenvalue weighted by molar-refractivity contribution is 5.77. The Morgan fingerprint density at radius 1 is 0.946 bits per heavy atom. The van der Waals surface area contributed by atoms with E-state index in [-0.39, 0.29) is 0 Å². The maximum Gasteiger partial charge on any atom is 0.213 e. The lowest BCUT2D eigenvalue weighted by Gasteiger charge is -2.27. The molecule has 0 saturated heterocycles. The van der Waals surface area contributed by atoms with Crippen molar-refractivity contribution < 1.29 is 9.53 Å². The molecule has 0 amide bonds. The maximum absolute atomic E-state index is 12.2. The predicted octanol–water partition coefficient (Wildman–Crippen LogP) is 6.98. The fraction of sp³-hybridized carbons (Fsp3) is 0.344. The van der Waals surface area contributed by atoms with Crippen molar-refractivity contribution in [3.8, 4) is 5.88 Å². The van der Waals surface area contributed by atoms with E-state index in [1.807, 2.05) is 79.1 Å². The zero-order valence-corrected chi connectivity index (χ0v) is 22.3. The molecule has 2 heterocycles. The lowest BCUT2D eigenvalue weighted by Crippen LogP contribution is -2.31. The molecule has 0 bridgehead atoms. The summed E-state index contributed by atoms with van der Waals surface area (Å²) in [4.78, 5) is 23.5. The molecule has 1 aromatic carbocycles. The zero-order valence-electron chi connectivity index (χ0n) is 22.3. The quantitative estimate of drug-likeness (QED) is 0.238. The third-order valence-electron chi connectivity index (χ3n) is 6.50. The molecule has 0 N–H and O–H groups in total.